The molecule has 6 nitrogen and oxygen atoms in total. The first-order chi connectivity index (χ1) is 10.2. The van der Waals surface area contributed by atoms with Crippen LogP contribution in [0.4, 0.5) is 13.2 Å². The Bertz CT molecular complexity index is 603. The molecule has 1 N–H and O–H groups in total. The van der Waals surface area contributed by atoms with E-state index in [9.17, 15) is 22.8 Å². The molecule has 0 spiro atoms. The first-order valence-electron chi connectivity index (χ1n) is 6.38. The average molecular weight is 318 g/mol. The number of aromatic nitrogens is 1. The Hall–Kier alpha value is -2.16. The van der Waals surface area contributed by atoms with Crippen LogP contribution in [-0.4, -0.2) is 52.7 Å². The lowest BCUT2D eigenvalue weighted by atomic mass is 10.1. The highest BCUT2D eigenvalue weighted by molar-refractivity contribution is 5.95. The maximum atomic E-state index is 12.6. The molecular formula is C13H13F3N2O4. The van der Waals surface area contributed by atoms with Gasteiger partial charge in [-0.05, 0) is 19.1 Å². The van der Waals surface area contributed by atoms with Crippen molar-refractivity contribution in [2.24, 2.45) is 0 Å². The van der Waals surface area contributed by atoms with Crippen LogP contribution in [0.2, 0.25) is 0 Å². The van der Waals surface area contributed by atoms with Crippen LogP contribution in [0.15, 0.2) is 12.1 Å². The molecule has 0 saturated carbocycles. The zero-order chi connectivity index (χ0) is 16.5. The summed E-state index contributed by atoms with van der Waals surface area (Å²) in [6.45, 7) is 1.37. The van der Waals surface area contributed by atoms with Crippen molar-refractivity contribution >= 4 is 11.9 Å². The van der Waals surface area contributed by atoms with Gasteiger partial charge in [-0.3, -0.25) is 4.79 Å². The number of rotatable bonds is 2. The van der Waals surface area contributed by atoms with Gasteiger partial charge >= 0.3 is 12.1 Å². The molecule has 22 heavy (non-hydrogen) atoms. The van der Waals surface area contributed by atoms with E-state index in [-0.39, 0.29) is 31.0 Å². The third kappa shape index (κ3) is 3.35. The molecule has 1 atom stereocenters. The van der Waals surface area contributed by atoms with E-state index in [1.807, 2.05) is 0 Å². The van der Waals surface area contributed by atoms with E-state index >= 15 is 0 Å². The summed E-state index contributed by atoms with van der Waals surface area (Å²) in [5, 5.41) is 8.89. The second-order valence-electron chi connectivity index (χ2n) is 4.78. The van der Waals surface area contributed by atoms with Crippen molar-refractivity contribution in [2.75, 3.05) is 19.7 Å². The summed E-state index contributed by atoms with van der Waals surface area (Å²) in [5.41, 5.74) is -1.12. The summed E-state index contributed by atoms with van der Waals surface area (Å²) in [4.78, 5) is 27.8. The summed E-state index contributed by atoms with van der Waals surface area (Å²) in [6, 6.07) is 1.79. The molecule has 1 aromatic rings. The lowest BCUT2D eigenvalue weighted by Gasteiger charge is -2.31. The van der Waals surface area contributed by atoms with Crippen molar-refractivity contribution in [1.29, 1.82) is 0 Å². The topological polar surface area (TPSA) is 79.7 Å². The van der Waals surface area contributed by atoms with Gasteiger partial charge < -0.3 is 14.7 Å². The molecule has 1 aliphatic rings. The fourth-order valence-electron chi connectivity index (χ4n) is 2.10. The van der Waals surface area contributed by atoms with Gasteiger partial charge in [0.15, 0.2) is 6.10 Å². The van der Waals surface area contributed by atoms with E-state index in [0.29, 0.717) is 0 Å². The Balaban J connectivity index is 2.21. The predicted octanol–water partition coefficient (Wildman–Crippen LogP) is 1.33. The van der Waals surface area contributed by atoms with Crippen LogP contribution < -0.4 is 0 Å². The lowest BCUT2D eigenvalue weighted by molar-refractivity contribution is -0.154. The number of alkyl halides is 3. The van der Waals surface area contributed by atoms with E-state index in [1.165, 1.54) is 11.8 Å². The number of hydrogen-bond acceptors (Lipinski definition) is 4. The highest BCUT2D eigenvalue weighted by atomic mass is 19.4. The second-order valence-corrected chi connectivity index (χ2v) is 4.78. The molecule has 1 fully saturated rings. The predicted molar refractivity (Wildman–Crippen MR) is 67.3 cm³/mol. The van der Waals surface area contributed by atoms with Crippen LogP contribution >= 0.6 is 0 Å². The molecule has 120 valence electrons. The Morgan fingerprint density at radius 1 is 1.41 bits per heavy atom. The molecule has 2 heterocycles. The van der Waals surface area contributed by atoms with Gasteiger partial charge in [0, 0.05) is 6.54 Å². The molecule has 0 aliphatic carbocycles. The van der Waals surface area contributed by atoms with Crippen molar-refractivity contribution in [3.8, 4) is 0 Å². The van der Waals surface area contributed by atoms with Crippen molar-refractivity contribution in [3.05, 3.63) is 29.1 Å². The normalized spacial score (nSPS) is 19.1. The van der Waals surface area contributed by atoms with Crippen LogP contribution in [0.1, 0.15) is 21.7 Å². The van der Waals surface area contributed by atoms with E-state index in [1.54, 1.807) is 0 Å². The number of hydrogen-bond donors (Lipinski definition) is 1. The van der Waals surface area contributed by atoms with Crippen LogP contribution in [0.5, 0.6) is 0 Å². The smallest absolute Gasteiger partial charge is 0.433 e. The third-order valence-corrected chi connectivity index (χ3v) is 3.24. The Morgan fingerprint density at radius 2 is 2.09 bits per heavy atom. The minimum Gasteiger partial charge on any atom is -0.479 e. The molecule has 0 bridgehead atoms. The van der Waals surface area contributed by atoms with Gasteiger partial charge in [-0.15, -0.1) is 0 Å². The van der Waals surface area contributed by atoms with Gasteiger partial charge in [-0.25, -0.2) is 9.78 Å². The summed E-state index contributed by atoms with van der Waals surface area (Å²) >= 11 is 0. The van der Waals surface area contributed by atoms with E-state index in [0.717, 1.165) is 12.1 Å². The van der Waals surface area contributed by atoms with Crippen LogP contribution in [0.3, 0.4) is 0 Å². The fourth-order valence-corrected chi connectivity index (χ4v) is 2.10. The number of halogens is 3. The van der Waals surface area contributed by atoms with Crippen LogP contribution in [0, 0.1) is 6.92 Å². The Labute approximate surface area is 123 Å². The molecule has 1 aromatic heterocycles. The van der Waals surface area contributed by atoms with E-state index < -0.39 is 29.9 Å². The number of morpholine rings is 1. The highest BCUT2D eigenvalue weighted by Gasteiger charge is 2.34. The van der Waals surface area contributed by atoms with Crippen molar-refractivity contribution in [3.63, 3.8) is 0 Å². The number of carboxylic acid groups (broad SMARTS) is 1. The SMILES string of the molecule is Cc1nc(C(F)(F)F)ccc1C(=O)N1CCO[C@H](C(=O)O)C1. The minimum absolute atomic E-state index is 0.0130. The molecule has 0 aromatic carbocycles. The first-order valence-corrected chi connectivity index (χ1v) is 6.38. The number of aliphatic carboxylic acids is 1. The number of carboxylic acids is 1. The number of amides is 1. The molecule has 2 rings (SSSR count). The van der Waals surface area contributed by atoms with Gasteiger partial charge in [0.1, 0.15) is 5.69 Å². The average Bonchev–Trinajstić information content (AvgIpc) is 2.45. The fraction of sp³-hybridized carbons (Fsp3) is 0.462. The number of carbonyl (C=O) groups excluding carboxylic acids is 1. The summed E-state index contributed by atoms with van der Waals surface area (Å²) < 4.78 is 42.7. The second kappa shape index (κ2) is 5.91. The maximum Gasteiger partial charge on any atom is 0.433 e. The van der Waals surface area contributed by atoms with Gasteiger partial charge in [0.25, 0.3) is 5.91 Å². The van der Waals surface area contributed by atoms with Gasteiger partial charge in [-0.1, -0.05) is 0 Å². The van der Waals surface area contributed by atoms with E-state index in [2.05, 4.69) is 4.98 Å². The molecule has 0 unspecified atom stereocenters. The number of carbonyl (C=O) groups is 2. The third-order valence-electron chi connectivity index (χ3n) is 3.24. The van der Waals surface area contributed by atoms with Gasteiger partial charge in [0.05, 0.1) is 24.4 Å². The lowest BCUT2D eigenvalue weighted by Crippen LogP contribution is -2.48. The van der Waals surface area contributed by atoms with Crippen molar-refractivity contribution in [1.82, 2.24) is 9.88 Å². The Morgan fingerprint density at radius 3 is 2.64 bits per heavy atom. The van der Waals surface area contributed by atoms with Crippen LogP contribution in [0.25, 0.3) is 0 Å². The minimum atomic E-state index is -4.58. The Kier molecular flexibility index (Phi) is 4.36. The number of aryl methyl sites for hydroxylation is 1. The summed E-state index contributed by atoms with van der Waals surface area (Å²) in [7, 11) is 0. The molecule has 1 saturated heterocycles. The van der Waals surface area contributed by atoms with E-state index in [4.69, 9.17) is 9.84 Å². The highest BCUT2D eigenvalue weighted by Crippen LogP contribution is 2.28. The molecular weight excluding hydrogens is 305 g/mol. The van der Waals surface area contributed by atoms with Gasteiger partial charge in [0.2, 0.25) is 0 Å². The molecule has 1 aliphatic heterocycles. The van der Waals surface area contributed by atoms with Crippen LogP contribution in [-0.2, 0) is 15.7 Å². The van der Waals surface area contributed by atoms with Crippen molar-refractivity contribution < 1.29 is 32.6 Å². The summed E-state index contributed by atoms with van der Waals surface area (Å²) in [5.74, 6) is -1.76. The quantitative estimate of drug-likeness (QED) is 0.890. The van der Waals surface area contributed by atoms with Gasteiger partial charge in [-0.2, -0.15) is 13.2 Å². The zero-order valence-corrected chi connectivity index (χ0v) is 11.6. The molecule has 9 heteroatoms. The first kappa shape index (κ1) is 16.2. The molecule has 1 amide bonds. The maximum absolute atomic E-state index is 12.6. The number of nitrogens with zero attached hydrogens (tertiary/aromatic N) is 2. The number of ether oxygens (including phenoxy) is 1. The monoisotopic (exact) mass is 318 g/mol. The largest absolute Gasteiger partial charge is 0.479 e. The summed E-state index contributed by atoms with van der Waals surface area (Å²) in [6.07, 6.45) is -5.72. The zero-order valence-electron chi connectivity index (χ0n) is 11.6. The standard InChI is InChI=1S/C13H13F3N2O4/c1-7-8(2-3-10(17-7)13(14,15)16)11(19)18-4-5-22-9(6-18)12(20)21/h2-3,9H,4-6H2,1H3,(H,20,21)/t9-/m0/s1. The number of pyridine rings is 1. The molecule has 0 radical (unpaired) electrons. The van der Waals surface area contributed by atoms with Crippen molar-refractivity contribution in [2.45, 2.75) is 19.2 Å².